The minimum atomic E-state index is -3.83. The van der Waals surface area contributed by atoms with Crippen LogP contribution in [0.4, 0.5) is 5.69 Å². The predicted octanol–water partition coefficient (Wildman–Crippen LogP) is 4.32. The summed E-state index contributed by atoms with van der Waals surface area (Å²) in [6.45, 7) is 3.98. The minimum Gasteiger partial charge on any atom is -0.353 e. The van der Waals surface area contributed by atoms with Crippen LogP contribution in [0.15, 0.2) is 65.6 Å². The van der Waals surface area contributed by atoms with Gasteiger partial charge in [-0.25, -0.2) is 8.42 Å². The molecule has 0 saturated heterocycles. The van der Waals surface area contributed by atoms with Gasteiger partial charge in [0.25, 0.3) is 10.0 Å². The van der Waals surface area contributed by atoms with Crippen molar-refractivity contribution in [3.05, 3.63) is 71.8 Å². The lowest BCUT2D eigenvalue weighted by Crippen LogP contribution is -2.36. The lowest BCUT2D eigenvalue weighted by Gasteiger charge is -2.25. The number of carbonyl (C=O) groups is 1. The Morgan fingerprint density at radius 3 is 2.30 bits per heavy atom. The van der Waals surface area contributed by atoms with Crippen LogP contribution in [-0.4, -0.2) is 26.9 Å². The predicted molar refractivity (Wildman–Crippen MR) is 120 cm³/mol. The van der Waals surface area contributed by atoms with E-state index in [1.807, 2.05) is 62.4 Å². The molecule has 6 heteroatoms. The highest BCUT2D eigenvalue weighted by atomic mass is 32.2. The molecule has 3 aromatic rings. The van der Waals surface area contributed by atoms with E-state index in [0.29, 0.717) is 5.69 Å². The summed E-state index contributed by atoms with van der Waals surface area (Å²) in [7, 11) is -3.83. The largest absolute Gasteiger partial charge is 0.353 e. The molecule has 0 aromatic heterocycles. The maximum atomic E-state index is 13.6. The number of aryl methyl sites for hydroxylation is 2. The molecule has 0 bridgehead atoms. The minimum absolute atomic E-state index is 0.0939. The van der Waals surface area contributed by atoms with Gasteiger partial charge >= 0.3 is 0 Å². The Labute approximate surface area is 177 Å². The van der Waals surface area contributed by atoms with E-state index in [1.165, 1.54) is 4.31 Å². The van der Waals surface area contributed by atoms with Crippen LogP contribution in [0.3, 0.4) is 0 Å². The first-order valence-corrected chi connectivity index (χ1v) is 11.7. The fraction of sp³-hybridized carbons (Fsp3) is 0.292. The van der Waals surface area contributed by atoms with Crippen LogP contribution < -0.4 is 9.62 Å². The van der Waals surface area contributed by atoms with Crippen LogP contribution >= 0.6 is 0 Å². The first-order chi connectivity index (χ1) is 14.3. The lowest BCUT2D eigenvalue weighted by atomic mass is 10.1. The topological polar surface area (TPSA) is 66.5 Å². The third-order valence-electron chi connectivity index (χ3n) is 5.29. The number of rotatable bonds is 7. The van der Waals surface area contributed by atoms with Crippen molar-refractivity contribution in [2.45, 2.75) is 44.0 Å². The average Bonchev–Trinajstić information content (AvgIpc) is 3.50. The van der Waals surface area contributed by atoms with Crippen molar-refractivity contribution in [2.75, 3.05) is 10.8 Å². The molecule has 1 aliphatic rings. The molecule has 0 aliphatic heterocycles. The van der Waals surface area contributed by atoms with Gasteiger partial charge in [0, 0.05) is 19.0 Å². The van der Waals surface area contributed by atoms with Gasteiger partial charge in [-0.1, -0.05) is 36.4 Å². The average molecular weight is 423 g/mol. The number of hydrogen-bond donors (Lipinski definition) is 1. The Hall–Kier alpha value is -2.86. The number of nitrogens with one attached hydrogen (secondary N) is 1. The molecule has 4 rings (SSSR count). The zero-order chi connectivity index (χ0) is 21.3. The molecular formula is C24H26N2O3S. The van der Waals surface area contributed by atoms with Crippen LogP contribution in [0.25, 0.3) is 10.8 Å². The standard InChI is InChI=1S/C24H26N2O3S/c1-17-13-18(2)15-22(14-17)26(12-11-24(27)25-21-8-9-21)30(28,29)23-10-7-19-5-3-4-6-20(19)16-23/h3-7,10,13-16,21H,8-9,11-12H2,1-2H3,(H,25,27). The Bertz CT molecular complexity index is 1180. The van der Waals surface area contributed by atoms with Crippen molar-refractivity contribution in [2.24, 2.45) is 0 Å². The maximum absolute atomic E-state index is 13.6. The molecule has 0 atom stereocenters. The number of sulfonamides is 1. The van der Waals surface area contributed by atoms with Crippen LogP contribution in [0.1, 0.15) is 30.4 Å². The SMILES string of the molecule is Cc1cc(C)cc(N(CCC(=O)NC2CC2)S(=O)(=O)c2ccc3ccccc3c2)c1. The second-order valence-electron chi connectivity index (χ2n) is 8.02. The molecule has 3 aromatic carbocycles. The summed E-state index contributed by atoms with van der Waals surface area (Å²) < 4.78 is 28.6. The Morgan fingerprint density at radius 1 is 0.967 bits per heavy atom. The van der Waals surface area contributed by atoms with Crippen molar-refractivity contribution in [3.8, 4) is 0 Å². The molecule has 0 spiro atoms. The molecule has 0 radical (unpaired) electrons. The fourth-order valence-electron chi connectivity index (χ4n) is 3.67. The number of hydrogen-bond acceptors (Lipinski definition) is 3. The van der Waals surface area contributed by atoms with Crippen molar-refractivity contribution in [1.29, 1.82) is 0 Å². The van der Waals surface area contributed by atoms with E-state index in [1.54, 1.807) is 12.1 Å². The van der Waals surface area contributed by atoms with Gasteiger partial charge in [0.05, 0.1) is 10.6 Å². The third-order valence-corrected chi connectivity index (χ3v) is 7.11. The van der Waals surface area contributed by atoms with Crippen molar-refractivity contribution in [3.63, 3.8) is 0 Å². The van der Waals surface area contributed by atoms with Gasteiger partial charge in [0.2, 0.25) is 5.91 Å². The highest BCUT2D eigenvalue weighted by Crippen LogP contribution is 2.28. The quantitative estimate of drug-likeness (QED) is 0.617. The molecule has 5 nitrogen and oxygen atoms in total. The molecule has 0 heterocycles. The van der Waals surface area contributed by atoms with Gasteiger partial charge in [0.15, 0.2) is 0 Å². The smallest absolute Gasteiger partial charge is 0.264 e. The monoisotopic (exact) mass is 422 g/mol. The van der Waals surface area contributed by atoms with E-state index in [-0.39, 0.29) is 29.8 Å². The zero-order valence-corrected chi connectivity index (χ0v) is 18.1. The molecule has 30 heavy (non-hydrogen) atoms. The van der Waals surface area contributed by atoms with E-state index in [9.17, 15) is 13.2 Å². The van der Waals surface area contributed by atoms with Gasteiger partial charge in [0.1, 0.15) is 0 Å². The molecule has 1 fully saturated rings. The van der Waals surface area contributed by atoms with E-state index in [2.05, 4.69) is 5.32 Å². The summed E-state index contributed by atoms with van der Waals surface area (Å²) in [5.41, 5.74) is 2.54. The summed E-state index contributed by atoms with van der Waals surface area (Å²) in [6.07, 6.45) is 2.13. The van der Waals surface area contributed by atoms with E-state index in [4.69, 9.17) is 0 Å². The van der Waals surface area contributed by atoms with E-state index in [0.717, 1.165) is 34.7 Å². The molecular weight excluding hydrogens is 396 g/mol. The highest BCUT2D eigenvalue weighted by Gasteiger charge is 2.28. The summed E-state index contributed by atoms with van der Waals surface area (Å²) in [5, 5.41) is 4.79. The van der Waals surface area contributed by atoms with Crippen LogP contribution in [0.5, 0.6) is 0 Å². The summed E-state index contributed by atoms with van der Waals surface area (Å²) >= 11 is 0. The highest BCUT2D eigenvalue weighted by molar-refractivity contribution is 7.92. The summed E-state index contributed by atoms with van der Waals surface area (Å²) in [4.78, 5) is 12.5. The second-order valence-corrected chi connectivity index (χ2v) is 9.89. The molecule has 0 unspecified atom stereocenters. The Morgan fingerprint density at radius 2 is 1.63 bits per heavy atom. The lowest BCUT2D eigenvalue weighted by molar-refractivity contribution is -0.121. The Kier molecular flexibility index (Phi) is 5.52. The molecule has 1 N–H and O–H groups in total. The van der Waals surface area contributed by atoms with Gasteiger partial charge in [-0.3, -0.25) is 9.10 Å². The Balaban J connectivity index is 1.70. The fourth-order valence-corrected chi connectivity index (χ4v) is 5.15. The summed E-state index contributed by atoms with van der Waals surface area (Å²) in [6, 6.07) is 18.8. The normalized spacial score (nSPS) is 13.9. The first kappa shape index (κ1) is 20.4. The van der Waals surface area contributed by atoms with Crippen molar-refractivity contribution >= 4 is 32.4 Å². The van der Waals surface area contributed by atoms with Gasteiger partial charge in [-0.15, -0.1) is 0 Å². The van der Waals surface area contributed by atoms with Crippen molar-refractivity contribution < 1.29 is 13.2 Å². The van der Waals surface area contributed by atoms with Gasteiger partial charge < -0.3 is 5.32 Å². The third kappa shape index (κ3) is 4.49. The van der Waals surface area contributed by atoms with Gasteiger partial charge in [-0.2, -0.15) is 0 Å². The zero-order valence-electron chi connectivity index (χ0n) is 17.3. The molecule has 156 valence electrons. The van der Waals surface area contributed by atoms with Crippen LogP contribution in [-0.2, 0) is 14.8 Å². The summed E-state index contributed by atoms with van der Waals surface area (Å²) in [5.74, 6) is -0.111. The number of fused-ring (bicyclic) bond motifs is 1. The first-order valence-electron chi connectivity index (χ1n) is 10.2. The number of amides is 1. The number of nitrogens with zero attached hydrogens (tertiary/aromatic N) is 1. The van der Waals surface area contributed by atoms with Crippen molar-refractivity contribution in [1.82, 2.24) is 5.32 Å². The molecule has 1 saturated carbocycles. The van der Waals surface area contributed by atoms with Gasteiger partial charge in [-0.05, 0) is 72.9 Å². The molecule has 1 aliphatic carbocycles. The number of anilines is 1. The van der Waals surface area contributed by atoms with Crippen LogP contribution in [0.2, 0.25) is 0 Å². The van der Waals surface area contributed by atoms with E-state index < -0.39 is 10.0 Å². The maximum Gasteiger partial charge on any atom is 0.264 e. The number of carbonyl (C=O) groups excluding carboxylic acids is 1. The molecule has 1 amide bonds. The second kappa shape index (κ2) is 8.11. The van der Waals surface area contributed by atoms with E-state index >= 15 is 0 Å². The number of benzene rings is 3. The van der Waals surface area contributed by atoms with Crippen LogP contribution in [0, 0.1) is 13.8 Å².